The quantitative estimate of drug-likeness (QED) is 0.794. The normalized spacial score (nSPS) is 12.7. The molecule has 19 heavy (non-hydrogen) atoms. The van der Waals surface area contributed by atoms with Gasteiger partial charge in [-0.2, -0.15) is 0 Å². The van der Waals surface area contributed by atoms with E-state index in [2.05, 4.69) is 21.4 Å². The second-order valence-corrected chi connectivity index (χ2v) is 5.55. The predicted octanol–water partition coefficient (Wildman–Crippen LogP) is 3.24. The minimum Gasteiger partial charge on any atom is -0.324 e. The second-order valence-electron chi connectivity index (χ2n) is 4.61. The number of nitrogens with zero attached hydrogens (tertiary/aromatic N) is 2. The summed E-state index contributed by atoms with van der Waals surface area (Å²) in [6, 6.07) is 10.1. The predicted molar refractivity (Wildman–Crippen MR) is 79.2 cm³/mol. The first-order valence-corrected chi connectivity index (χ1v) is 7.12. The molecule has 2 heterocycles. The molecule has 3 aromatic rings. The van der Waals surface area contributed by atoms with E-state index in [-0.39, 0.29) is 6.04 Å². The molecular weight excluding hydrogens is 254 g/mol. The maximum Gasteiger partial charge on any atom is 0.0947 e. The number of hydrogen-bond donors (Lipinski definition) is 1. The summed E-state index contributed by atoms with van der Waals surface area (Å²) in [5.41, 5.74) is 9.53. The molecule has 0 aliphatic carbocycles. The highest BCUT2D eigenvalue weighted by molar-refractivity contribution is 7.09. The van der Waals surface area contributed by atoms with Crippen molar-refractivity contribution in [2.75, 3.05) is 0 Å². The number of aromatic nitrogens is 2. The summed E-state index contributed by atoms with van der Waals surface area (Å²) >= 11 is 1.67. The van der Waals surface area contributed by atoms with Crippen LogP contribution < -0.4 is 5.73 Å². The third kappa shape index (κ3) is 2.50. The first-order chi connectivity index (χ1) is 9.24. The molecule has 1 atom stereocenters. The maximum atomic E-state index is 6.34. The van der Waals surface area contributed by atoms with Crippen molar-refractivity contribution in [2.45, 2.75) is 19.4 Å². The highest BCUT2D eigenvalue weighted by Crippen LogP contribution is 2.24. The molecule has 0 spiro atoms. The molecule has 0 amide bonds. The molecule has 96 valence electrons. The number of rotatable bonds is 3. The van der Waals surface area contributed by atoms with Gasteiger partial charge < -0.3 is 5.73 Å². The smallest absolute Gasteiger partial charge is 0.0947 e. The molecule has 2 N–H and O–H groups in total. The van der Waals surface area contributed by atoms with E-state index in [9.17, 15) is 0 Å². The SMILES string of the molecule is Cc1csc(CC(N)c2ccnc3ccccc23)n1. The van der Waals surface area contributed by atoms with Crippen LogP contribution in [-0.2, 0) is 6.42 Å². The van der Waals surface area contributed by atoms with Crippen molar-refractivity contribution in [2.24, 2.45) is 5.73 Å². The lowest BCUT2D eigenvalue weighted by Crippen LogP contribution is -2.14. The van der Waals surface area contributed by atoms with Gasteiger partial charge in [0.15, 0.2) is 0 Å². The topological polar surface area (TPSA) is 51.8 Å². The van der Waals surface area contributed by atoms with Gasteiger partial charge in [-0.3, -0.25) is 4.98 Å². The van der Waals surface area contributed by atoms with Gasteiger partial charge in [0.1, 0.15) is 0 Å². The fraction of sp³-hybridized carbons (Fsp3) is 0.200. The van der Waals surface area contributed by atoms with Crippen LogP contribution in [0, 0.1) is 6.92 Å². The summed E-state index contributed by atoms with van der Waals surface area (Å²) in [7, 11) is 0. The zero-order chi connectivity index (χ0) is 13.2. The van der Waals surface area contributed by atoms with Crippen molar-refractivity contribution < 1.29 is 0 Å². The van der Waals surface area contributed by atoms with E-state index in [4.69, 9.17) is 5.73 Å². The molecule has 0 bridgehead atoms. The number of thiazole rings is 1. The molecule has 0 aliphatic heterocycles. The Morgan fingerprint density at radius 1 is 1.26 bits per heavy atom. The number of pyridine rings is 1. The van der Waals surface area contributed by atoms with E-state index >= 15 is 0 Å². The Bertz CT molecular complexity index is 700. The van der Waals surface area contributed by atoms with Crippen molar-refractivity contribution >= 4 is 22.2 Å². The number of aryl methyl sites for hydroxylation is 1. The van der Waals surface area contributed by atoms with Crippen molar-refractivity contribution in [1.82, 2.24) is 9.97 Å². The maximum absolute atomic E-state index is 6.34. The Balaban J connectivity index is 1.95. The third-order valence-corrected chi connectivity index (χ3v) is 4.13. The van der Waals surface area contributed by atoms with Crippen LogP contribution in [0.5, 0.6) is 0 Å². The van der Waals surface area contributed by atoms with Gasteiger partial charge in [-0.05, 0) is 24.6 Å². The summed E-state index contributed by atoms with van der Waals surface area (Å²) < 4.78 is 0. The fourth-order valence-corrected chi connectivity index (χ4v) is 3.07. The van der Waals surface area contributed by atoms with E-state index < -0.39 is 0 Å². The monoisotopic (exact) mass is 269 g/mol. The first kappa shape index (κ1) is 12.3. The lowest BCUT2D eigenvalue weighted by Gasteiger charge is -2.12. The summed E-state index contributed by atoms with van der Waals surface area (Å²) in [4.78, 5) is 8.85. The van der Waals surface area contributed by atoms with Gasteiger partial charge in [-0.15, -0.1) is 11.3 Å². The molecule has 0 radical (unpaired) electrons. The van der Waals surface area contributed by atoms with E-state index in [0.29, 0.717) is 0 Å². The summed E-state index contributed by atoms with van der Waals surface area (Å²) in [6.45, 7) is 2.01. The standard InChI is InChI=1S/C15H15N3S/c1-10-9-19-15(18-10)8-13(16)11-6-7-17-14-5-3-2-4-12(11)14/h2-7,9,13H,8,16H2,1H3. The largest absolute Gasteiger partial charge is 0.324 e. The molecule has 4 heteroatoms. The lowest BCUT2D eigenvalue weighted by molar-refractivity contribution is 0.722. The van der Waals surface area contributed by atoms with Crippen LogP contribution in [0.3, 0.4) is 0 Å². The van der Waals surface area contributed by atoms with Crippen LogP contribution in [0.25, 0.3) is 10.9 Å². The van der Waals surface area contributed by atoms with Crippen molar-refractivity contribution in [1.29, 1.82) is 0 Å². The van der Waals surface area contributed by atoms with Gasteiger partial charge in [-0.25, -0.2) is 4.98 Å². The van der Waals surface area contributed by atoms with Crippen LogP contribution in [0.15, 0.2) is 41.9 Å². The molecule has 0 saturated heterocycles. The fourth-order valence-electron chi connectivity index (χ4n) is 2.24. The summed E-state index contributed by atoms with van der Waals surface area (Å²) in [5, 5.41) is 4.28. The Morgan fingerprint density at radius 3 is 2.89 bits per heavy atom. The van der Waals surface area contributed by atoms with E-state index in [0.717, 1.165) is 33.6 Å². The zero-order valence-electron chi connectivity index (χ0n) is 10.7. The number of fused-ring (bicyclic) bond motifs is 1. The Morgan fingerprint density at radius 2 is 2.11 bits per heavy atom. The van der Waals surface area contributed by atoms with Gasteiger partial charge in [-0.1, -0.05) is 18.2 Å². The van der Waals surface area contributed by atoms with Crippen LogP contribution in [-0.4, -0.2) is 9.97 Å². The molecule has 0 aliphatic rings. The minimum absolute atomic E-state index is 0.0431. The van der Waals surface area contributed by atoms with Crippen LogP contribution in [0.1, 0.15) is 22.3 Å². The van der Waals surface area contributed by atoms with Crippen molar-refractivity contribution in [3.63, 3.8) is 0 Å². The average molecular weight is 269 g/mol. The minimum atomic E-state index is -0.0431. The van der Waals surface area contributed by atoms with E-state index in [1.165, 1.54) is 0 Å². The van der Waals surface area contributed by atoms with Crippen molar-refractivity contribution in [3.05, 3.63) is 58.2 Å². The number of hydrogen-bond acceptors (Lipinski definition) is 4. The van der Waals surface area contributed by atoms with Crippen molar-refractivity contribution in [3.8, 4) is 0 Å². The molecule has 1 aromatic carbocycles. The first-order valence-electron chi connectivity index (χ1n) is 6.24. The molecule has 0 saturated carbocycles. The molecule has 0 fully saturated rings. The van der Waals surface area contributed by atoms with Gasteiger partial charge in [0.2, 0.25) is 0 Å². The van der Waals surface area contributed by atoms with Gasteiger partial charge >= 0.3 is 0 Å². The Labute approximate surface area is 116 Å². The van der Waals surface area contributed by atoms with Crippen LogP contribution >= 0.6 is 11.3 Å². The highest BCUT2D eigenvalue weighted by Gasteiger charge is 2.12. The molecule has 3 nitrogen and oxygen atoms in total. The number of nitrogens with two attached hydrogens (primary N) is 1. The van der Waals surface area contributed by atoms with Gasteiger partial charge in [0.05, 0.1) is 10.5 Å². The zero-order valence-corrected chi connectivity index (χ0v) is 11.5. The third-order valence-electron chi connectivity index (χ3n) is 3.14. The van der Waals surface area contributed by atoms with Gasteiger partial charge in [0.25, 0.3) is 0 Å². The average Bonchev–Trinajstić information content (AvgIpc) is 2.83. The number of benzene rings is 1. The van der Waals surface area contributed by atoms with E-state index in [1.807, 2.05) is 37.4 Å². The summed E-state index contributed by atoms with van der Waals surface area (Å²) in [6.07, 6.45) is 2.59. The van der Waals surface area contributed by atoms with Crippen LogP contribution in [0.4, 0.5) is 0 Å². The molecule has 2 aromatic heterocycles. The van der Waals surface area contributed by atoms with E-state index in [1.54, 1.807) is 11.3 Å². The Hall–Kier alpha value is -1.78. The van der Waals surface area contributed by atoms with Gasteiger partial charge in [0, 0.05) is 35.1 Å². The molecule has 1 unspecified atom stereocenters. The molecular formula is C15H15N3S. The molecule has 3 rings (SSSR count). The van der Waals surface area contributed by atoms with Crippen LogP contribution in [0.2, 0.25) is 0 Å². The second kappa shape index (κ2) is 5.07. The number of para-hydroxylation sites is 1. The summed E-state index contributed by atoms with van der Waals surface area (Å²) in [5.74, 6) is 0. The highest BCUT2D eigenvalue weighted by atomic mass is 32.1. The lowest BCUT2D eigenvalue weighted by atomic mass is 10.0. The Kier molecular flexibility index (Phi) is 3.27.